The van der Waals surface area contributed by atoms with E-state index in [0.717, 1.165) is 11.1 Å². The zero-order chi connectivity index (χ0) is 10.0. The maximum Gasteiger partial charge on any atom is 0.308 e. The average molecular weight is 196 g/mol. The third-order valence-electron chi connectivity index (χ3n) is 1.65. The number of carbonyl (C=O) groups excluding carboxylic acids is 1. The molecule has 0 saturated carbocycles. The van der Waals surface area contributed by atoms with Gasteiger partial charge in [0.2, 0.25) is 0 Å². The Balaban J connectivity index is 3.13. The topological polar surface area (TPSA) is 26.3 Å². The largest absolute Gasteiger partial charge is 0.425 e. The lowest BCUT2D eigenvalue weighted by atomic mass is 10.1. The summed E-state index contributed by atoms with van der Waals surface area (Å²) < 4.78 is 5.02. The van der Waals surface area contributed by atoms with Crippen LogP contribution in [0.25, 0.3) is 0 Å². The maximum atomic E-state index is 10.7. The summed E-state index contributed by atoms with van der Waals surface area (Å²) in [5.41, 5.74) is 2.04. The van der Waals surface area contributed by atoms with E-state index in [2.05, 4.69) is 12.6 Å². The first-order chi connectivity index (χ1) is 6.00. The molecule has 2 nitrogen and oxygen atoms in total. The highest BCUT2D eigenvalue weighted by molar-refractivity contribution is 7.80. The van der Waals surface area contributed by atoms with Crippen LogP contribution in [0.4, 0.5) is 0 Å². The second kappa shape index (κ2) is 3.83. The molecule has 0 aromatic heterocycles. The highest BCUT2D eigenvalue weighted by Gasteiger charge is 2.07. The first-order valence-electron chi connectivity index (χ1n) is 3.99. The molecule has 0 saturated heterocycles. The zero-order valence-corrected chi connectivity index (χ0v) is 8.81. The second-order valence-corrected chi connectivity index (χ2v) is 3.51. The fourth-order valence-electron chi connectivity index (χ4n) is 1.21. The van der Waals surface area contributed by atoms with Gasteiger partial charge in [0.15, 0.2) is 0 Å². The fraction of sp³-hybridized carbons (Fsp3) is 0.300. The smallest absolute Gasteiger partial charge is 0.308 e. The Morgan fingerprint density at radius 1 is 1.38 bits per heavy atom. The molecular formula is C10H12O2S. The predicted octanol–water partition coefficient (Wildman–Crippen LogP) is 2.52. The minimum atomic E-state index is -0.317. The van der Waals surface area contributed by atoms with Gasteiger partial charge in [-0.3, -0.25) is 4.79 Å². The van der Waals surface area contributed by atoms with Gasteiger partial charge in [-0.25, -0.2) is 0 Å². The van der Waals surface area contributed by atoms with Crippen molar-refractivity contribution >= 4 is 18.6 Å². The number of thiol groups is 1. The van der Waals surface area contributed by atoms with E-state index in [1.807, 2.05) is 26.0 Å². The molecule has 0 atom stereocenters. The van der Waals surface area contributed by atoms with Crippen LogP contribution in [0, 0.1) is 13.8 Å². The molecule has 0 spiro atoms. The molecule has 70 valence electrons. The molecule has 0 heterocycles. The van der Waals surface area contributed by atoms with Gasteiger partial charge in [-0.15, -0.1) is 12.6 Å². The molecule has 13 heavy (non-hydrogen) atoms. The molecule has 0 aliphatic rings. The van der Waals surface area contributed by atoms with Crippen LogP contribution in [0.2, 0.25) is 0 Å². The van der Waals surface area contributed by atoms with Crippen LogP contribution in [-0.4, -0.2) is 5.97 Å². The SMILES string of the molecule is CC(=O)Oc1c(C)cc(C)cc1S. The fourth-order valence-corrected chi connectivity index (χ4v) is 1.63. The van der Waals surface area contributed by atoms with Crippen LogP contribution >= 0.6 is 12.6 Å². The summed E-state index contributed by atoms with van der Waals surface area (Å²) in [6.07, 6.45) is 0. The summed E-state index contributed by atoms with van der Waals surface area (Å²) in [5.74, 6) is 0.240. The van der Waals surface area contributed by atoms with Crippen molar-refractivity contribution in [1.82, 2.24) is 0 Å². The average Bonchev–Trinajstić information content (AvgIpc) is 1.96. The van der Waals surface area contributed by atoms with Gasteiger partial charge in [0.1, 0.15) is 5.75 Å². The quantitative estimate of drug-likeness (QED) is 0.424. The molecule has 0 unspecified atom stereocenters. The molecule has 0 amide bonds. The van der Waals surface area contributed by atoms with E-state index >= 15 is 0 Å². The molecule has 1 rings (SSSR count). The Labute approximate surface area is 83.3 Å². The van der Waals surface area contributed by atoms with Crippen LogP contribution < -0.4 is 4.74 Å². The van der Waals surface area contributed by atoms with E-state index in [1.54, 1.807) is 0 Å². The van der Waals surface area contributed by atoms with E-state index in [-0.39, 0.29) is 5.97 Å². The van der Waals surface area contributed by atoms with E-state index in [9.17, 15) is 4.79 Å². The van der Waals surface area contributed by atoms with Crippen molar-refractivity contribution in [3.05, 3.63) is 23.3 Å². The molecule has 3 heteroatoms. The van der Waals surface area contributed by atoms with E-state index in [1.165, 1.54) is 6.92 Å². The Kier molecular flexibility index (Phi) is 2.98. The number of esters is 1. The third kappa shape index (κ3) is 2.49. The third-order valence-corrected chi connectivity index (χ3v) is 1.98. The molecule has 0 radical (unpaired) electrons. The number of carbonyl (C=O) groups is 1. The Bertz CT molecular complexity index is 322. The van der Waals surface area contributed by atoms with Crippen LogP contribution in [0.15, 0.2) is 17.0 Å². The number of hydrogen-bond acceptors (Lipinski definition) is 3. The molecular weight excluding hydrogens is 184 g/mol. The predicted molar refractivity (Wildman–Crippen MR) is 54.5 cm³/mol. The van der Waals surface area contributed by atoms with Crippen molar-refractivity contribution in [2.24, 2.45) is 0 Å². The molecule has 1 aromatic rings. The highest BCUT2D eigenvalue weighted by Crippen LogP contribution is 2.28. The number of benzene rings is 1. The van der Waals surface area contributed by atoms with Gasteiger partial charge in [-0.2, -0.15) is 0 Å². The lowest BCUT2D eigenvalue weighted by molar-refractivity contribution is -0.132. The molecule has 0 aliphatic heterocycles. The Hall–Kier alpha value is -0.960. The summed E-state index contributed by atoms with van der Waals surface area (Å²) >= 11 is 4.23. The van der Waals surface area contributed by atoms with Gasteiger partial charge in [-0.05, 0) is 31.0 Å². The monoisotopic (exact) mass is 196 g/mol. The summed E-state index contributed by atoms with van der Waals surface area (Å²) in [5, 5.41) is 0. The highest BCUT2D eigenvalue weighted by atomic mass is 32.1. The van der Waals surface area contributed by atoms with Gasteiger partial charge in [0.05, 0.1) is 0 Å². The summed E-state index contributed by atoms with van der Waals surface area (Å²) in [6.45, 7) is 5.25. The van der Waals surface area contributed by atoms with Crippen LogP contribution in [0.1, 0.15) is 18.1 Å². The van der Waals surface area contributed by atoms with Gasteiger partial charge in [0.25, 0.3) is 0 Å². The Morgan fingerprint density at radius 3 is 2.46 bits per heavy atom. The van der Waals surface area contributed by atoms with E-state index < -0.39 is 0 Å². The molecule has 1 aromatic carbocycles. The van der Waals surface area contributed by atoms with Gasteiger partial charge in [0, 0.05) is 11.8 Å². The molecule has 0 N–H and O–H groups in total. The summed E-state index contributed by atoms with van der Waals surface area (Å²) in [4.78, 5) is 11.4. The lowest BCUT2D eigenvalue weighted by Gasteiger charge is -2.08. The van der Waals surface area contributed by atoms with E-state index in [4.69, 9.17) is 4.74 Å². The van der Waals surface area contributed by atoms with Crippen molar-refractivity contribution in [3.8, 4) is 5.75 Å². The molecule has 0 fully saturated rings. The normalized spacial score (nSPS) is 9.85. The van der Waals surface area contributed by atoms with Crippen LogP contribution in [0.5, 0.6) is 5.75 Å². The summed E-state index contributed by atoms with van der Waals surface area (Å²) in [7, 11) is 0. The van der Waals surface area contributed by atoms with Crippen LogP contribution in [-0.2, 0) is 4.79 Å². The van der Waals surface area contributed by atoms with Gasteiger partial charge < -0.3 is 4.74 Å². The maximum absolute atomic E-state index is 10.7. The first-order valence-corrected chi connectivity index (χ1v) is 4.44. The molecule has 0 bridgehead atoms. The van der Waals surface area contributed by atoms with Crippen molar-refractivity contribution in [2.45, 2.75) is 25.7 Å². The second-order valence-electron chi connectivity index (χ2n) is 3.02. The minimum absolute atomic E-state index is 0.317. The van der Waals surface area contributed by atoms with Crippen molar-refractivity contribution in [2.75, 3.05) is 0 Å². The standard InChI is InChI=1S/C10H12O2S/c1-6-4-7(2)10(9(13)5-6)12-8(3)11/h4-5,13H,1-3H3. The van der Waals surface area contributed by atoms with E-state index in [0.29, 0.717) is 10.6 Å². The van der Waals surface area contributed by atoms with Crippen LogP contribution in [0.3, 0.4) is 0 Å². The zero-order valence-electron chi connectivity index (χ0n) is 7.92. The number of hydrogen-bond donors (Lipinski definition) is 1. The number of aryl methyl sites for hydroxylation is 2. The summed E-state index contributed by atoms with van der Waals surface area (Å²) in [6, 6.07) is 3.83. The Morgan fingerprint density at radius 2 is 2.00 bits per heavy atom. The minimum Gasteiger partial charge on any atom is -0.425 e. The van der Waals surface area contributed by atoms with Crippen molar-refractivity contribution in [1.29, 1.82) is 0 Å². The first kappa shape index (κ1) is 10.1. The number of ether oxygens (including phenoxy) is 1. The van der Waals surface area contributed by atoms with Gasteiger partial charge >= 0.3 is 5.97 Å². The lowest BCUT2D eigenvalue weighted by Crippen LogP contribution is -2.03. The molecule has 0 aliphatic carbocycles. The van der Waals surface area contributed by atoms with Crippen molar-refractivity contribution in [3.63, 3.8) is 0 Å². The number of rotatable bonds is 1. The van der Waals surface area contributed by atoms with Crippen molar-refractivity contribution < 1.29 is 9.53 Å². The van der Waals surface area contributed by atoms with Gasteiger partial charge in [-0.1, -0.05) is 6.07 Å².